The SMILES string of the molecule is COc1ccc(CNC(=O)c2ccccc2OC(F)F)cc1. The van der Waals surface area contributed by atoms with Gasteiger partial charge in [-0.15, -0.1) is 0 Å². The van der Waals surface area contributed by atoms with Crippen LogP contribution in [0.15, 0.2) is 48.5 Å². The zero-order chi connectivity index (χ0) is 15.9. The summed E-state index contributed by atoms with van der Waals surface area (Å²) in [6.45, 7) is -2.71. The number of ether oxygens (including phenoxy) is 2. The molecule has 0 saturated carbocycles. The molecular formula is C16H15F2NO3. The number of methoxy groups -OCH3 is 1. The molecule has 0 aliphatic rings. The topological polar surface area (TPSA) is 47.6 Å². The smallest absolute Gasteiger partial charge is 0.387 e. The molecule has 1 amide bonds. The van der Waals surface area contributed by atoms with Gasteiger partial charge in [-0.1, -0.05) is 24.3 Å². The molecule has 2 rings (SSSR count). The molecule has 0 aliphatic carbocycles. The third-order valence-electron chi connectivity index (χ3n) is 2.96. The van der Waals surface area contributed by atoms with Crippen LogP contribution >= 0.6 is 0 Å². The Balaban J connectivity index is 2.02. The third-order valence-corrected chi connectivity index (χ3v) is 2.96. The van der Waals surface area contributed by atoms with E-state index in [1.807, 2.05) is 0 Å². The molecule has 2 aromatic rings. The first kappa shape index (κ1) is 15.8. The summed E-state index contributed by atoms with van der Waals surface area (Å²) < 4.78 is 34.0. The number of amides is 1. The number of alkyl halides is 2. The van der Waals surface area contributed by atoms with Crippen molar-refractivity contribution in [2.75, 3.05) is 7.11 Å². The molecule has 0 atom stereocenters. The lowest BCUT2D eigenvalue weighted by molar-refractivity contribution is -0.0501. The van der Waals surface area contributed by atoms with Crippen LogP contribution < -0.4 is 14.8 Å². The molecule has 2 aromatic carbocycles. The van der Waals surface area contributed by atoms with E-state index in [9.17, 15) is 13.6 Å². The number of rotatable bonds is 6. The van der Waals surface area contributed by atoms with Gasteiger partial charge in [0.15, 0.2) is 0 Å². The Bertz CT molecular complexity index is 630. The first-order valence-electron chi connectivity index (χ1n) is 6.55. The van der Waals surface area contributed by atoms with Gasteiger partial charge in [0.2, 0.25) is 0 Å². The van der Waals surface area contributed by atoms with Crippen molar-refractivity contribution in [3.05, 3.63) is 59.7 Å². The van der Waals surface area contributed by atoms with E-state index < -0.39 is 12.5 Å². The maximum absolute atomic E-state index is 12.3. The molecule has 0 radical (unpaired) electrons. The van der Waals surface area contributed by atoms with E-state index >= 15 is 0 Å². The Hall–Kier alpha value is -2.63. The minimum absolute atomic E-state index is 0.0660. The lowest BCUT2D eigenvalue weighted by Crippen LogP contribution is -2.23. The van der Waals surface area contributed by atoms with Gasteiger partial charge in [0.05, 0.1) is 12.7 Å². The molecule has 0 saturated heterocycles. The van der Waals surface area contributed by atoms with Crippen molar-refractivity contribution in [2.24, 2.45) is 0 Å². The highest BCUT2D eigenvalue weighted by molar-refractivity contribution is 5.96. The molecule has 0 heterocycles. The zero-order valence-corrected chi connectivity index (χ0v) is 11.9. The molecule has 6 heteroatoms. The van der Waals surface area contributed by atoms with E-state index in [2.05, 4.69) is 10.1 Å². The average molecular weight is 307 g/mol. The predicted molar refractivity (Wildman–Crippen MR) is 77.2 cm³/mol. The molecule has 0 aromatic heterocycles. The fourth-order valence-electron chi connectivity index (χ4n) is 1.87. The first-order chi connectivity index (χ1) is 10.6. The quantitative estimate of drug-likeness (QED) is 0.891. The summed E-state index contributed by atoms with van der Waals surface area (Å²) in [7, 11) is 1.57. The normalized spacial score (nSPS) is 10.4. The van der Waals surface area contributed by atoms with E-state index in [0.29, 0.717) is 5.75 Å². The number of benzene rings is 2. The predicted octanol–water partition coefficient (Wildman–Crippen LogP) is 3.23. The first-order valence-corrected chi connectivity index (χ1v) is 6.55. The number of carbonyl (C=O) groups is 1. The van der Waals surface area contributed by atoms with Crippen molar-refractivity contribution >= 4 is 5.91 Å². The van der Waals surface area contributed by atoms with Crippen molar-refractivity contribution in [3.63, 3.8) is 0 Å². The molecule has 4 nitrogen and oxygen atoms in total. The number of nitrogens with one attached hydrogen (secondary N) is 1. The van der Waals surface area contributed by atoms with Gasteiger partial charge in [-0.2, -0.15) is 8.78 Å². The molecule has 1 N–H and O–H groups in total. The fraction of sp³-hybridized carbons (Fsp3) is 0.188. The average Bonchev–Trinajstić information content (AvgIpc) is 2.53. The van der Waals surface area contributed by atoms with Crippen molar-refractivity contribution < 1.29 is 23.0 Å². The minimum Gasteiger partial charge on any atom is -0.497 e. The van der Waals surface area contributed by atoms with Crippen LogP contribution in [-0.4, -0.2) is 19.6 Å². The number of hydrogen-bond acceptors (Lipinski definition) is 3. The van der Waals surface area contributed by atoms with E-state index in [-0.39, 0.29) is 17.9 Å². The molecule has 22 heavy (non-hydrogen) atoms. The number of carbonyl (C=O) groups excluding carboxylic acids is 1. The van der Waals surface area contributed by atoms with E-state index in [1.54, 1.807) is 37.4 Å². The lowest BCUT2D eigenvalue weighted by atomic mass is 10.1. The van der Waals surface area contributed by atoms with Gasteiger partial charge in [0.1, 0.15) is 11.5 Å². The molecular weight excluding hydrogens is 292 g/mol. The Kier molecular flexibility index (Phi) is 5.30. The Morgan fingerprint density at radius 1 is 1.14 bits per heavy atom. The van der Waals surface area contributed by atoms with Crippen LogP contribution in [0, 0.1) is 0 Å². The minimum atomic E-state index is -2.98. The zero-order valence-electron chi connectivity index (χ0n) is 11.9. The Morgan fingerprint density at radius 3 is 2.45 bits per heavy atom. The lowest BCUT2D eigenvalue weighted by Gasteiger charge is -2.11. The van der Waals surface area contributed by atoms with Gasteiger partial charge < -0.3 is 14.8 Å². The van der Waals surface area contributed by atoms with Crippen LogP contribution in [0.4, 0.5) is 8.78 Å². The van der Waals surface area contributed by atoms with Gasteiger partial charge in [-0.05, 0) is 29.8 Å². The molecule has 0 spiro atoms. The van der Waals surface area contributed by atoms with Crippen molar-refractivity contribution in [1.82, 2.24) is 5.32 Å². The maximum Gasteiger partial charge on any atom is 0.387 e. The highest BCUT2D eigenvalue weighted by Gasteiger charge is 2.14. The van der Waals surface area contributed by atoms with Gasteiger partial charge in [0.25, 0.3) is 5.91 Å². The Morgan fingerprint density at radius 2 is 1.82 bits per heavy atom. The standard InChI is InChI=1S/C16H15F2NO3/c1-21-12-8-6-11(7-9-12)10-19-15(20)13-4-2-3-5-14(13)22-16(17)18/h2-9,16H,10H2,1H3,(H,19,20). The number of para-hydroxylation sites is 1. The van der Waals surface area contributed by atoms with Crippen LogP contribution in [0.25, 0.3) is 0 Å². The third kappa shape index (κ3) is 4.18. The highest BCUT2D eigenvalue weighted by Crippen LogP contribution is 2.20. The molecule has 0 fully saturated rings. The summed E-state index contributed by atoms with van der Waals surface area (Å²) in [6.07, 6.45) is 0. The molecule has 116 valence electrons. The second-order valence-corrected chi connectivity index (χ2v) is 4.41. The number of halogens is 2. The molecule has 0 bridgehead atoms. The summed E-state index contributed by atoms with van der Waals surface area (Å²) in [5.41, 5.74) is 0.928. The summed E-state index contributed by atoms with van der Waals surface area (Å²) in [5, 5.41) is 2.66. The summed E-state index contributed by atoms with van der Waals surface area (Å²) in [5.74, 6) is 0.0857. The van der Waals surface area contributed by atoms with Gasteiger partial charge in [0, 0.05) is 6.54 Å². The van der Waals surface area contributed by atoms with E-state index in [4.69, 9.17) is 4.74 Å². The summed E-state index contributed by atoms with van der Waals surface area (Å²) in [6, 6.07) is 13.0. The molecule has 0 aliphatic heterocycles. The van der Waals surface area contributed by atoms with Gasteiger partial charge in [-0.3, -0.25) is 4.79 Å². The van der Waals surface area contributed by atoms with Crippen LogP contribution in [-0.2, 0) is 6.54 Å². The monoisotopic (exact) mass is 307 g/mol. The number of hydrogen-bond donors (Lipinski definition) is 1. The second-order valence-electron chi connectivity index (χ2n) is 4.41. The van der Waals surface area contributed by atoms with Crippen LogP contribution in [0.1, 0.15) is 15.9 Å². The highest BCUT2D eigenvalue weighted by atomic mass is 19.3. The van der Waals surface area contributed by atoms with Crippen molar-refractivity contribution in [2.45, 2.75) is 13.2 Å². The fourth-order valence-corrected chi connectivity index (χ4v) is 1.87. The Labute approximate surface area is 126 Å². The van der Waals surface area contributed by atoms with Gasteiger partial charge >= 0.3 is 6.61 Å². The van der Waals surface area contributed by atoms with Crippen molar-refractivity contribution in [1.29, 1.82) is 0 Å². The van der Waals surface area contributed by atoms with Crippen LogP contribution in [0.5, 0.6) is 11.5 Å². The maximum atomic E-state index is 12.3. The second kappa shape index (κ2) is 7.40. The molecule has 0 unspecified atom stereocenters. The van der Waals surface area contributed by atoms with Gasteiger partial charge in [-0.25, -0.2) is 0 Å². The van der Waals surface area contributed by atoms with E-state index in [1.165, 1.54) is 18.2 Å². The summed E-state index contributed by atoms with van der Waals surface area (Å²) in [4.78, 5) is 12.1. The van der Waals surface area contributed by atoms with E-state index in [0.717, 1.165) is 5.56 Å². The summed E-state index contributed by atoms with van der Waals surface area (Å²) >= 11 is 0. The van der Waals surface area contributed by atoms with Crippen molar-refractivity contribution in [3.8, 4) is 11.5 Å². The van der Waals surface area contributed by atoms with Crippen LogP contribution in [0.3, 0.4) is 0 Å². The van der Waals surface area contributed by atoms with Crippen LogP contribution in [0.2, 0.25) is 0 Å². The largest absolute Gasteiger partial charge is 0.497 e.